The van der Waals surface area contributed by atoms with E-state index in [0.29, 0.717) is 0 Å². The predicted octanol–water partition coefficient (Wildman–Crippen LogP) is 19.5. The maximum atomic E-state index is 5.00. The minimum atomic E-state index is 0.976. The molecule has 11 aromatic carbocycles. The van der Waals surface area contributed by atoms with Gasteiger partial charge in [-0.25, -0.2) is 4.98 Å². The summed E-state index contributed by atoms with van der Waals surface area (Å²) in [6.07, 6.45) is 0. The summed E-state index contributed by atoms with van der Waals surface area (Å²) < 4.78 is 1.19. The molecule has 5 heteroatoms. The molecule has 12 aromatic rings. The first-order chi connectivity index (χ1) is 36.0. The van der Waals surface area contributed by atoms with Crippen molar-refractivity contribution in [2.24, 2.45) is 4.99 Å². The van der Waals surface area contributed by atoms with Crippen molar-refractivity contribution in [3.05, 3.63) is 278 Å². The summed E-state index contributed by atoms with van der Waals surface area (Å²) in [7, 11) is 0. The molecule has 0 spiro atoms. The Morgan fingerprint density at radius 2 is 0.822 bits per heavy atom. The molecule has 348 valence electrons. The second-order valence-corrected chi connectivity index (χ2v) is 19.4. The molecule has 0 aliphatic carbocycles. The van der Waals surface area contributed by atoms with Crippen molar-refractivity contribution in [3.8, 4) is 44.0 Å². The second kappa shape index (κ2) is 19.9. The molecular formula is C68H50N4S. The monoisotopic (exact) mass is 954 g/mol. The molecule has 73 heavy (non-hydrogen) atoms. The zero-order valence-electron chi connectivity index (χ0n) is 40.6. The molecule has 0 N–H and O–H groups in total. The van der Waals surface area contributed by atoms with Crippen LogP contribution in [0.3, 0.4) is 0 Å². The highest BCUT2D eigenvalue weighted by Gasteiger charge is 2.18. The van der Waals surface area contributed by atoms with Crippen LogP contribution < -0.4 is 9.80 Å². The van der Waals surface area contributed by atoms with Crippen LogP contribution in [0.15, 0.2) is 272 Å². The first-order valence-corrected chi connectivity index (χ1v) is 25.5. The van der Waals surface area contributed by atoms with Crippen LogP contribution in [0, 0.1) is 6.92 Å². The molecule has 0 radical (unpaired) electrons. The van der Waals surface area contributed by atoms with Gasteiger partial charge in [0.2, 0.25) is 0 Å². The van der Waals surface area contributed by atoms with E-state index in [4.69, 9.17) is 9.98 Å². The molecule has 0 amide bonds. The van der Waals surface area contributed by atoms with Crippen LogP contribution in [0.4, 0.5) is 39.8 Å². The number of thiazole rings is 1. The number of hydrogen-bond donors (Lipinski definition) is 0. The van der Waals surface area contributed by atoms with E-state index in [1.807, 2.05) is 12.1 Å². The Balaban J connectivity index is 0.897. The lowest BCUT2D eigenvalue weighted by Crippen LogP contribution is -2.10. The third-order valence-electron chi connectivity index (χ3n) is 13.6. The Morgan fingerprint density at radius 1 is 0.370 bits per heavy atom. The van der Waals surface area contributed by atoms with E-state index in [1.165, 1.54) is 26.8 Å². The standard InChI is InChI=1S/C68H50N4S/c1-47-16-9-10-27-65(47)69-48(2)49-32-37-59(38-33-49)71(61-24-13-21-53(43-61)50-17-5-3-6-18-50)63-26-15-23-55(45-63)56-30-31-58-46-64(41-36-57(58)42-56)72(62-25-14-22-54(44-62)51-19-7-4-8-20-51)60-39-34-52(35-40-60)68-70-66-28-11-12-29-67(66)73-68/h3-46H,1-2H3/b69-48+. The number of hydrogen-bond acceptors (Lipinski definition) is 5. The van der Waals surface area contributed by atoms with Crippen LogP contribution in [0.2, 0.25) is 0 Å². The van der Waals surface area contributed by atoms with Gasteiger partial charge in [-0.05, 0) is 178 Å². The molecule has 0 atom stereocenters. The average Bonchev–Trinajstić information content (AvgIpc) is 3.90. The van der Waals surface area contributed by atoms with Crippen LogP contribution in [0.25, 0.3) is 64.9 Å². The zero-order valence-corrected chi connectivity index (χ0v) is 41.4. The molecule has 0 aliphatic rings. The Hall–Kier alpha value is -9.16. The van der Waals surface area contributed by atoms with E-state index in [9.17, 15) is 0 Å². The summed E-state index contributed by atoms with van der Waals surface area (Å²) in [4.78, 5) is 14.7. The summed E-state index contributed by atoms with van der Waals surface area (Å²) in [6.45, 7) is 4.19. The lowest BCUT2D eigenvalue weighted by molar-refractivity contribution is 1.28. The highest BCUT2D eigenvalue weighted by Crippen LogP contribution is 2.42. The molecule has 0 unspecified atom stereocenters. The minimum Gasteiger partial charge on any atom is -0.310 e. The summed E-state index contributed by atoms with van der Waals surface area (Å²) in [5.41, 5.74) is 19.8. The molecule has 1 aromatic heterocycles. The lowest BCUT2D eigenvalue weighted by atomic mass is 9.99. The topological polar surface area (TPSA) is 31.7 Å². The molecule has 0 aliphatic heterocycles. The number of aliphatic imine (C=N–C) groups is 1. The maximum Gasteiger partial charge on any atom is 0.124 e. The van der Waals surface area contributed by atoms with Gasteiger partial charge < -0.3 is 9.80 Å². The van der Waals surface area contributed by atoms with Crippen LogP contribution in [-0.4, -0.2) is 10.7 Å². The SMILES string of the molecule is C/C(=N\c1ccccc1C)c1ccc(N(c2cccc(-c3ccccc3)c2)c2cccc(-c3ccc4cc(N(c5ccc(-c6nc7ccccc7s6)cc5)c5cccc(-c6ccccc6)c5)ccc4c3)c2)cc1. The number of rotatable bonds is 12. The summed E-state index contributed by atoms with van der Waals surface area (Å²) in [6, 6.07) is 95.6. The van der Waals surface area contributed by atoms with Crippen molar-refractivity contribution in [2.45, 2.75) is 13.8 Å². The van der Waals surface area contributed by atoms with E-state index in [0.717, 1.165) is 94.8 Å². The number of fused-ring (bicyclic) bond motifs is 2. The van der Waals surface area contributed by atoms with E-state index < -0.39 is 0 Å². The molecule has 12 rings (SSSR count). The lowest BCUT2D eigenvalue weighted by Gasteiger charge is -2.27. The molecule has 0 saturated heterocycles. The highest BCUT2D eigenvalue weighted by molar-refractivity contribution is 7.21. The Bertz CT molecular complexity index is 3900. The van der Waals surface area contributed by atoms with Crippen molar-refractivity contribution in [1.29, 1.82) is 0 Å². The summed E-state index contributed by atoms with van der Waals surface area (Å²) in [5, 5.41) is 3.35. The van der Waals surface area contributed by atoms with Crippen molar-refractivity contribution < 1.29 is 0 Å². The van der Waals surface area contributed by atoms with Crippen LogP contribution in [0.1, 0.15) is 18.1 Å². The van der Waals surface area contributed by atoms with Gasteiger partial charge in [0, 0.05) is 45.4 Å². The van der Waals surface area contributed by atoms with Crippen molar-refractivity contribution in [3.63, 3.8) is 0 Å². The third-order valence-corrected chi connectivity index (χ3v) is 14.6. The van der Waals surface area contributed by atoms with Gasteiger partial charge in [-0.2, -0.15) is 0 Å². The Morgan fingerprint density at radius 3 is 1.42 bits per heavy atom. The van der Waals surface area contributed by atoms with Crippen molar-refractivity contribution in [2.75, 3.05) is 9.80 Å². The maximum absolute atomic E-state index is 5.00. The van der Waals surface area contributed by atoms with Gasteiger partial charge in [-0.15, -0.1) is 11.3 Å². The number of benzene rings is 11. The van der Waals surface area contributed by atoms with E-state index >= 15 is 0 Å². The van der Waals surface area contributed by atoms with Crippen LogP contribution in [0.5, 0.6) is 0 Å². The normalized spacial score (nSPS) is 11.5. The quantitative estimate of drug-likeness (QED) is 0.114. The summed E-state index contributed by atoms with van der Waals surface area (Å²) in [5.74, 6) is 0. The van der Waals surface area contributed by atoms with Gasteiger partial charge in [0.15, 0.2) is 0 Å². The predicted molar refractivity (Wildman–Crippen MR) is 311 cm³/mol. The van der Waals surface area contributed by atoms with E-state index in [1.54, 1.807) is 11.3 Å². The molecule has 0 bridgehead atoms. The minimum absolute atomic E-state index is 0.976. The van der Waals surface area contributed by atoms with Gasteiger partial charge >= 0.3 is 0 Å². The number of para-hydroxylation sites is 2. The number of anilines is 6. The fourth-order valence-electron chi connectivity index (χ4n) is 9.72. The number of aryl methyl sites for hydroxylation is 1. The highest BCUT2D eigenvalue weighted by atomic mass is 32.1. The van der Waals surface area contributed by atoms with Gasteiger partial charge in [0.25, 0.3) is 0 Å². The summed E-state index contributed by atoms with van der Waals surface area (Å²) >= 11 is 1.73. The van der Waals surface area contributed by atoms with Crippen LogP contribution >= 0.6 is 11.3 Å². The van der Waals surface area contributed by atoms with E-state index in [2.05, 4.69) is 278 Å². The molecule has 1 heterocycles. The molecular weight excluding hydrogens is 905 g/mol. The Labute approximate surface area is 431 Å². The smallest absolute Gasteiger partial charge is 0.124 e. The average molecular weight is 955 g/mol. The molecule has 0 saturated carbocycles. The first kappa shape index (κ1) is 45.0. The van der Waals surface area contributed by atoms with Gasteiger partial charge in [-0.3, -0.25) is 4.99 Å². The van der Waals surface area contributed by atoms with Gasteiger partial charge in [0.05, 0.1) is 15.9 Å². The third kappa shape index (κ3) is 9.46. The van der Waals surface area contributed by atoms with Gasteiger partial charge in [-0.1, -0.05) is 158 Å². The number of nitrogens with zero attached hydrogens (tertiary/aromatic N) is 4. The first-order valence-electron chi connectivity index (χ1n) is 24.7. The van der Waals surface area contributed by atoms with Crippen molar-refractivity contribution in [1.82, 2.24) is 4.98 Å². The molecule has 0 fully saturated rings. The largest absolute Gasteiger partial charge is 0.310 e. The van der Waals surface area contributed by atoms with E-state index in [-0.39, 0.29) is 0 Å². The fourth-order valence-corrected chi connectivity index (χ4v) is 10.7. The van der Waals surface area contributed by atoms with Gasteiger partial charge in [0.1, 0.15) is 5.01 Å². The molecule has 4 nitrogen and oxygen atoms in total. The zero-order chi connectivity index (χ0) is 49.1. The van der Waals surface area contributed by atoms with Crippen LogP contribution in [-0.2, 0) is 0 Å². The van der Waals surface area contributed by atoms with Crippen molar-refractivity contribution >= 4 is 77.8 Å². The number of aromatic nitrogens is 1. The second-order valence-electron chi connectivity index (χ2n) is 18.4. The fraction of sp³-hybridized carbons (Fsp3) is 0.0294. The Kier molecular flexibility index (Phi) is 12.3.